The van der Waals surface area contributed by atoms with Crippen LogP contribution in [0.3, 0.4) is 0 Å². The Kier molecular flexibility index (Phi) is 4.01. The zero-order valence-electron chi connectivity index (χ0n) is 11.3. The number of rotatable bonds is 4. The first-order valence-electron chi connectivity index (χ1n) is 7.13. The molecular weight excluding hydrogens is 264 g/mol. The third-order valence-electron chi connectivity index (χ3n) is 4.18. The smallest absolute Gasteiger partial charge is 0.164 e. The van der Waals surface area contributed by atoms with Crippen molar-refractivity contribution in [2.75, 3.05) is 19.6 Å². The molecule has 3 nitrogen and oxygen atoms in total. The van der Waals surface area contributed by atoms with Gasteiger partial charge in [0.25, 0.3) is 0 Å². The van der Waals surface area contributed by atoms with Crippen LogP contribution in [0.1, 0.15) is 30.9 Å². The van der Waals surface area contributed by atoms with Crippen molar-refractivity contribution in [2.45, 2.75) is 37.6 Å². The quantitative estimate of drug-likeness (QED) is 0.920. The van der Waals surface area contributed by atoms with Crippen molar-refractivity contribution >= 4 is 0 Å². The van der Waals surface area contributed by atoms with Crippen LogP contribution in [0.5, 0.6) is 0 Å². The van der Waals surface area contributed by atoms with E-state index in [4.69, 9.17) is 4.74 Å². The first-order valence-corrected chi connectivity index (χ1v) is 7.13. The maximum Gasteiger partial charge on any atom is 0.164 e. The number of likely N-dealkylation sites (tertiary alicyclic amines) is 1. The van der Waals surface area contributed by atoms with E-state index in [1.165, 1.54) is 12.1 Å². The second kappa shape index (κ2) is 5.76. The van der Waals surface area contributed by atoms with Crippen LogP contribution < -0.4 is 0 Å². The average Bonchev–Trinajstić information content (AvgIpc) is 2.78. The Morgan fingerprint density at radius 2 is 1.95 bits per heavy atom. The topological polar surface area (TPSA) is 32.7 Å². The summed E-state index contributed by atoms with van der Waals surface area (Å²) in [4.78, 5) is 2.24. The lowest BCUT2D eigenvalue weighted by molar-refractivity contribution is -0.0415. The molecule has 20 heavy (non-hydrogen) atoms. The number of morpholine rings is 1. The van der Waals surface area contributed by atoms with Crippen LogP contribution in [0.15, 0.2) is 18.2 Å². The van der Waals surface area contributed by atoms with Gasteiger partial charge in [-0.1, -0.05) is 12.1 Å². The monoisotopic (exact) mass is 283 g/mol. The standard InChI is InChI=1S/C15H19F2NO2/c16-13-3-1-2-12(15(13)17)14(19)6-7-18-8-10-4-5-11(9-18)20-10/h1-3,10-11,14,19H,4-9H2. The van der Waals surface area contributed by atoms with Crippen molar-refractivity contribution in [2.24, 2.45) is 0 Å². The highest BCUT2D eigenvalue weighted by Crippen LogP contribution is 2.27. The summed E-state index contributed by atoms with van der Waals surface area (Å²) in [7, 11) is 0. The van der Waals surface area contributed by atoms with Gasteiger partial charge < -0.3 is 9.84 Å². The first-order chi connectivity index (χ1) is 9.63. The van der Waals surface area contributed by atoms with E-state index in [9.17, 15) is 13.9 Å². The molecule has 1 aromatic carbocycles. The van der Waals surface area contributed by atoms with Crippen LogP contribution in [-0.4, -0.2) is 41.8 Å². The predicted molar refractivity (Wildman–Crippen MR) is 70.3 cm³/mol. The van der Waals surface area contributed by atoms with Gasteiger partial charge in [0.1, 0.15) is 0 Å². The van der Waals surface area contributed by atoms with Crippen molar-refractivity contribution < 1.29 is 18.6 Å². The summed E-state index contributed by atoms with van der Waals surface area (Å²) in [6.07, 6.45) is 2.24. The van der Waals surface area contributed by atoms with E-state index in [1.807, 2.05) is 0 Å². The molecule has 2 saturated heterocycles. The first kappa shape index (κ1) is 13.9. The van der Waals surface area contributed by atoms with Gasteiger partial charge in [-0.15, -0.1) is 0 Å². The lowest BCUT2D eigenvalue weighted by Gasteiger charge is -2.32. The molecule has 3 atom stereocenters. The molecule has 0 radical (unpaired) electrons. The molecular formula is C15H19F2NO2. The second-order valence-electron chi connectivity index (χ2n) is 5.66. The molecule has 0 amide bonds. The van der Waals surface area contributed by atoms with Crippen LogP contribution in [0.25, 0.3) is 0 Å². The normalized spacial score (nSPS) is 27.8. The summed E-state index contributed by atoms with van der Waals surface area (Å²) < 4.78 is 32.5. The zero-order valence-corrected chi connectivity index (χ0v) is 11.3. The number of fused-ring (bicyclic) bond motifs is 2. The number of aliphatic hydroxyl groups excluding tert-OH is 1. The maximum atomic E-state index is 13.6. The van der Waals surface area contributed by atoms with Gasteiger partial charge in [-0.05, 0) is 25.3 Å². The van der Waals surface area contributed by atoms with Gasteiger partial charge in [-0.25, -0.2) is 8.78 Å². The lowest BCUT2D eigenvalue weighted by atomic mass is 10.1. The third kappa shape index (κ3) is 2.85. The summed E-state index contributed by atoms with van der Waals surface area (Å²) in [5.74, 6) is -1.85. The number of hydrogen-bond acceptors (Lipinski definition) is 3. The van der Waals surface area contributed by atoms with E-state index in [2.05, 4.69) is 4.90 Å². The summed E-state index contributed by atoms with van der Waals surface area (Å²) in [6.45, 7) is 2.41. The minimum Gasteiger partial charge on any atom is -0.388 e. The average molecular weight is 283 g/mol. The second-order valence-corrected chi connectivity index (χ2v) is 5.66. The van der Waals surface area contributed by atoms with Crippen molar-refractivity contribution in [1.82, 2.24) is 4.90 Å². The van der Waals surface area contributed by atoms with Crippen LogP contribution in [0.4, 0.5) is 8.78 Å². The molecule has 2 aliphatic heterocycles. The lowest BCUT2D eigenvalue weighted by Crippen LogP contribution is -2.43. The Balaban J connectivity index is 1.57. The number of halogens is 2. The van der Waals surface area contributed by atoms with Gasteiger partial charge in [0.05, 0.1) is 18.3 Å². The fraction of sp³-hybridized carbons (Fsp3) is 0.600. The molecule has 2 bridgehead atoms. The highest BCUT2D eigenvalue weighted by Gasteiger charge is 2.33. The summed E-state index contributed by atoms with van der Waals surface area (Å²) in [5, 5.41) is 10.0. The molecule has 2 heterocycles. The van der Waals surface area contributed by atoms with Crippen LogP contribution in [-0.2, 0) is 4.74 Å². The van der Waals surface area contributed by atoms with E-state index in [0.717, 1.165) is 32.0 Å². The van der Waals surface area contributed by atoms with E-state index in [0.29, 0.717) is 25.2 Å². The Labute approximate surface area is 117 Å². The van der Waals surface area contributed by atoms with Crippen LogP contribution in [0.2, 0.25) is 0 Å². The van der Waals surface area contributed by atoms with Gasteiger partial charge in [0.15, 0.2) is 11.6 Å². The van der Waals surface area contributed by atoms with Gasteiger partial charge in [0.2, 0.25) is 0 Å². The maximum absolute atomic E-state index is 13.6. The molecule has 0 spiro atoms. The highest BCUT2D eigenvalue weighted by atomic mass is 19.2. The molecule has 3 rings (SSSR count). The van der Waals surface area contributed by atoms with Crippen molar-refractivity contribution in [1.29, 1.82) is 0 Å². The minimum atomic E-state index is -0.966. The molecule has 110 valence electrons. The molecule has 0 aliphatic carbocycles. The summed E-state index contributed by atoms with van der Waals surface area (Å²) in [5.41, 5.74) is 0.0428. The minimum absolute atomic E-state index is 0.0428. The molecule has 1 N–H and O–H groups in total. The largest absolute Gasteiger partial charge is 0.388 e. The van der Waals surface area contributed by atoms with E-state index in [-0.39, 0.29) is 5.56 Å². The van der Waals surface area contributed by atoms with Gasteiger partial charge in [-0.3, -0.25) is 4.90 Å². The Bertz CT molecular complexity index is 471. The number of aliphatic hydroxyl groups is 1. The van der Waals surface area contributed by atoms with Crippen LogP contribution >= 0.6 is 0 Å². The van der Waals surface area contributed by atoms with Crippen LogP contribution in [0, 0.1) is 11.6 Å². The number of nitrogens with zero attached hydrogens (tertiary/aromatic N) is 1. The number of benzene rings is 1. The summed E-state index contributed by atoms with van der Waals surface area (Å²) in [6, 6.07) is 3.92. The van der Waals surface area contributed by atoms with E-state index in [1.54, 1.807) is 0 Å². The molecule has 1 aromatic rings. The highest BCUT2D eigenvalue weighted by molar-refractivity contribution is 5.21. The van der Waals surface area contributed by atoms with E-state index >= 15 is 0 Å². The molecule has 2 fully saturated rings. The summed E-state index contributed by atoms with van der Waals surface area (Å²) >= 11 is 0. The molecule has 0 saturated carbocycles. The zero-order chi connectivity index (χ0) is 14.1. The van der Waals surface area contributed by atoms with Crippen molar-refractivity contribution in [3.8, 4) is 0 Å². The van der Waals surface area contributed by atoms with Gasteiger partial charge in [0, 0.05) is 25.2 Å². The van der Waals surface area contributed by atoms with Gasteiger partial charge in [-0.2, -0.15) is 0 Å². The number of ether oxygens (including phenoxy) is 1. The Morgan fingerprint density at radius 1 is 1.25 bits per heavy atom. The molecule has 2 aliphatic rings. The van der Waals surface area contributed by atoms with Gasteiger partial charge >= 0.3 is 0 Å². The fourth-order valence-corrected chi connectivity index (χ4v) is 3.12. The molecule has 0 aromatic heterocycles. The SMILES string of the molecule is OC(CCN1CC2CCC(C1)O2)c1cccc(F)c1F. The predicted octanol–water partition coefficient (Wildman–Crippen LogP) is 2.25. The third-order valence-corrected chi connectivity index (χ3v) is 4.18. The van der Waals surface area contributed by atoms with E-state index < -0.39 is 17.7 Å². The van der Waals surface area contributed by atoms with Crippen molar-refractivity contribution in [3.05, 3.63) is 35.4 Å². The molecule has 3 unspecified atom stereocenters. The fourth-order valence-electron chi connectivity index (χ4n) is 3.12. The Hall–Kier alpha value is -1.04. The van der Waals surface area contributed by atoms with Crippen molar-refractivity contribution in [3.63, 3.8) is 0 Å². The Morgan fingerprint density at radius 3 is 2.65 bits per heavy atom. The molecule has 5 heteroatoms. The number of hydrogen-bond donors (Lipinski definition) is 1.